The average molecular weight is 385 g/mol. The van der Waals surface area contributed by atoms with Crippen LogP contribution in [0.15, 0.2) is 53.0 Å². The zero-order valence-corrected chi connectivity index (χ0v) is 15.5. The maximum atomic E-state index is 12.1. The van der Waals surface area contributed by atoms with Gasteiger partial charge in [-0.2, -0.15) is 0 Å². The third-order valence-electron chi connectivity index (χ3n) is 4.50. The predicted molar refractivity (Wildman–Crippen MR) is 102 cm³/mol. The van der Waals surface area contributed by atoms with E-state index in [0.29, 0.717) is 6.54 Å². The molecule has 0 spiro atoms. The summed E-state index contributed by atoms with van der Waals surface area (Å²) in [5.41, 5.74) is 11.5. The van der Waals surface area contributed by atoms with E-state index in [1.54, 1.807) is 6.92 Å². The molecule has 1 amide bonds. The van der Waals surface area contributed by atoms with Gasteiger partial charge in [0.2, 0.25) is 5.91 Å². The zero-order chi connectivity index (χ0) is 17.3. The lowest BCUT2D eigenvalue weighted by atomic mass is 9.91. The summed E-state index contributed by atoms with van der Waals surface area (Å²) < 4.78 is 1.01. The van der Waals surface area contributed by atoms with Gasteiger partial charge in [0.05, 0.1) is 6.04 Å². The highest BCUT2D eigenvalue weighted by molar-refractivity contribution is 9.10. The molecule has 1 aliphatic heterocycles. The number of benzene rings is 2. The quantitative estimate of drug-likeness (QED) is 0.761. The van der Waals surface area contributed by atoms with Crippen LogP contribution in [-0.2, 0) is 4.79 Å². The van der Waals surface area contributed by atoms with Gasteiger partial charge >= 0.3 is 0 Å². The summed E-state index contributed by atoms with van der Waals surface area (Å²) in [5, 5.41) is 0. The van der Waals surface area contributed by atoms with Crippen molar-refractivity contribution in [2.45, 2.75) is 26.3 Å². The van der Waals surface area contributed by atoms with Gasteiger partial charge in [0.1, 0.15) is 0 Å². The van der Waals surface area contributed by atoms with Crippen molar-refractivity contribution >= 4 is 33.1 Å². The van der Waals surface area contributed by atoms with Gasteiger partial charge in [-0.3, -0.25) is 4.79 Å². The maximum Gasteiger partial charge on any atom is 0.220 e. The number of carbonyl (C=O) groups is 1. The standard InChI is InChI=1S/C20H21BrN2O/c1-13-3-5-15(6-4-13)20-11-16(9-10-23(20)14(2)24)18-12-17(21)7-8-19(18)22/h3-8,11-12,20H,9-10,22H2,1-2H3. The Labute approximate surface area is 151 Å². The molecule has 24 heavy (non-hydrogen) atoms. The minimum Gasteiger partial charge on any atom is -0.398 e. The number of amides is 1. The molecule has 0 fully saturated rings. The van der Waals surface area contributed by atoms with Gasteiger partial charge in [-0.1, -0.05) is 51.8 Å². The van der Waals surface area contributed by atoms with Crippen molar-refractivity contribution in [2.24, 2.45) is 0 Å². The van der Waals surface area contributed by atoms with Crippen LogP contribution in [0, 0.1) is 6.92 Å². The van der Waals surface area contributed by atoms with E-state index < -0.39 is 0 Å². The number of halogens is 1. The van der Waals surface area contributed by atoms with E-state index in [9.17, 15) is 4.79 Å². The Hall–Kier alpha value is -2.07. The Morgan fingerprint density at radius 1 is 1.21 bits per heavy atom. The topological polar surface area (TPSA) is 46.3 Å². The molecule has 0 radical (unpaired) electrons. The molecule has 0 aliphatic carbocycles. The highest BCUT2D eigenvalue weighted by Crippen LogP contribution is 2.36. The Morgan fingerprint density at radius 3 is 2.58 bits per heavy atom. The lowest BCUT2D eigenvalue weighted by molar-refractivity contribution is -0.130. The van der Waals surface area contributed by atoms with Gasteiger partial charge in [0.15, 0.2) is 0 Å². The summed E-state index contributed by atoms with van der Waals surface area (Å²) in [6.45, 7) is 4.40. The molecule has 1 heterocycles. The van der Waals surface area contributed by atoms with Crippen molar-refractivity contribution < 1.29 is 4.79 Å². The van der Waals surface area contributed by atoms with Gasteiger partial charge in [-0.25, -0.2) is 0 Å². The van der Waals surface area contributed by atoms with E-state index in [1.165, 1.54) is 11.1 Å². The molecule has 0 saturated heterocycles. The van der Waals surface area contributed by atoms with E-state index in [-0.39, 0.29) is 11.9 Å². The second-order valence-corrected chi connectivity index (χ2v) is 7.16. The summed E-state index contributed by atoms with van der Waals surface area (Å²) in [5.74, 6) is 0.0955. The molecule has 4 heteroatoms. The number of nitrogens with zero attached hydrogens (tertiary/aromatic N) is 1. The summed E-state index contributed by atoms with van der Waals surface area (Å²) in [6, 6.07) is 14.2. The number of hydrogen-bond donors (Lipinski definition) is 1. The van der Waals surface area contributed by atoms with E-state index >= 15 is 0 Å². The second kappa shape index (κ2) is 6.81. The van der Waals surface area contributed by atoms with Crippen LogP contribution in [-0.4, -0.2) is 17.4 Å². The summed E-state index contributed by atoms with van der Waals surface area (Å²) >= 11 is 3.52. The normalized spacial score (nSPS) is 17.5. The molecule has 1 atom stereocenters. The molecule has 0 saturated carbocycles. The highest BCUT2D eigenvalue weighted by Gasteiger charge is 2.26. The number of nitrogen functional groups attached to an aromatic ring is 1. The van der Waals surface area contributed by atoms with Gasteiger partial charge in [0, 0.05) is 29.2 Å². The number of nitrogens with two attached hydrogens (primary N) is 1. The Balaban J connectivity index is 2.05. The molecule has 1 unspecified atom stereocenters. The molecular weight excluding hydrogens is 364 g/mol. The Bertz CT molecular complexity index is 796. The Kier molecular flexibility index (Phi) is 4.76. The summed E-state index contributed by atoms with van der Waals surface area (Å²) in [6.07, 6.45) is 2.98. The van der Waals surface area contributed by atoms with E-state index in [0.717, 1.165) is 27.7 Å². The van der Waals surface area contributed by atoms with Crippen molar-refractivity contribution in [3.8, 4) is 0 Å². The number of hydrogen-bond acceptors (Lipinski definition) is 2. The first-order valence-corrected chi connectivity index (χ1v) is 8.85. The molecule has 2 N–H and O–H groups in total. The summed E-state index contributed by atoms with van der Waals surface area (Å²) in [4.78, 5) is 14.0. The van der Waals surface area contributed by atoms with Gasteiger partial charge < -0.3 is 10.6 Å². The van der Waals surface area contributed by atoms with Crippen LogP contribution >= 0.6 is 15.9 Å². The molecule has 3 nitrogen and oxygen atoms in total. The lowest BCUT2D eigenvalue weighted by Gasteiger charge is -2.34. The number of carbonyl (C=O) groups excluding carboxylic acids is 1. The minimum atomic E-state index is -0.0507. The van der Waals surface area contributed by atoms with Gasteiger partial charge in [0.25, 0.3) is 0 Å². The smallest absolute Gasteiger partial charge is 0.220 e. The lowest BCUT2D eigenvalue weighted by Crippen LogP contribution is -2.35. The third kappa shape index (κ3) is 3.39. The van der Waals surface area contributed by atoms with Gasteiger partial charge in [-0.15, -0.1) is 0 Å². The highest BCUT2D eigenvalue weighted by atomic mass is 79.9. The number of anilines is 1. The number of aryl methyl sites for hydroxylation is 1. The SMILES string of the molecule is CC(=O)N1CCC(c2cc(Br)ccc2N)=CC1c1ccc(C)cc1. The first kappa shape index (κ1) is 16.8. The van der Waals surface area contributed by atoms with E-state index in [1.807, 2.05) is 17.0 Å². The first-order chi connectivity index (χ1) is 11.5. The van der Waals surface area contributed by atoms with Crippen LogP contribution < -0.4 is 5.73 Å². The van der Waals surface area contributed by atoms with Crippen molar-refractivity contribution in [1.29, 1.82) is 0 Å². The van der Waals surface area contributed by atoms with Crippen molar-refractivity contribution in [3.63, 3.8) is 0 Å². The minimum absolute atomic E-state index is 0.0507. The van der Waals surface area contributed by atoms with Crippen LogP contribution in [0.3, 0.4) is 0 Å². The third-order valence-corrected chi connectivity index (χ3v) is 4.99. The fourth-order valence-electron chi connectivity index (χ4n) is 3.17. The molecule has 1 aliphatic rings. The monoisotopic (exact) mass is 384 g/mol. The molecular formula is C20H21BrN2O. The second-order valence-electron chi connectivity index (χ2n) is 6.24. The van der Waals surface area contributed by atoms with Crippen LogP contribution in [0.2, 0.25) is 0 Å². The van der Waals surface area contributed by atoms with Crippen molar-refractivity contribution in [1.82, 2.24) is 4.90 Å². The van der Waals surface area contributed by atoms with Gasteiger partial charge in [-0.05, 0) is 42.7 Å². The first-order valence-electron chi connectivity index (χ1n) is 8.05. The molecule has 2 aromatic carbocycles. The van der Waals surface area contributed by atoms with Crippen LogP contribution in [0.1, 0.15) is 36.1 Å². The van der Waals surface area contributed by atoms with Crippen molar-refractivity contribution in [2.75, 3.05) is 12.3 Å². The fraction of sp³-hybridized carbons (Fsp3) is 0.250. The van der Waals surface area contributed by atoms with E-state index in [2.05, 4.69) is 59.3 Å². The predicted octanol–water partition coefficient (Wildman–Crippen LogP) is 4.72. The van der Waals surface area contributed by atoms with Crippen LogP contribution in [0.5, 0.6) is 0 Å². The van der Waals surface area contributed by atoms with Crippen molar-refractivity contribution in [3.05, 3.63) is 69.7 Å². The largest absolute Gasteiger partial charge is 0.398 e. The fourth-order valence-corrected chi connectivity index (χ4v) is 3.53. The molecule has 124 valence electrons. The van der Waals surface area contributed by atoms with Crippen LogP contribution in [0.4, 0.5) is 5.69 Å². The van der Waals surface area contributed by atoms with Crippen LogP contribution in [0.25, 0.3) is 5.57 Å². The number of rotatable bonds is 2. The molecule has 2 aromatic rings. The average Bonchev–Trinajstić information content (AvgIpc) is 2.57. The summed E-state index contributed by atoms with van der Waals surface area (Å²) in [7, 11) is 0. The maximum absolute atomic E-state index is 12.1. The Morgan fingerprint density at radius 2 is 1.92 bits per heavy atom. The molecule has 0 aromatic heterocycles. The molecule has 3 rings (SSSR count). The van der Waals surface area contributed by atoms with E-state index in [4.69, 9.17) is 5.73 Å². The zero-order valence-electron chi connectivity index (χ0n) is 13.9. The molecule has 0 bridgehead atoms.